The molecule has 0 aliphatic carbocycles. The molecule has 3 heterocycles. The highest BCUT2D eigenvalue weighted by molar-refractivity contribution is 7.13. The Kier molecular flexibility index (Phi) is 4.65. The van der Waals surface area contributed by atoms with Gasteiger partial charge in [-0.25, -0.2) is 0 Å². The van der Waals surface area contributed by atoms with Gasteiger partial charge in [0, 0.05) is 13.1 Å². The summed E-state index contributed by atoms with van der Waals surface area (Å²) in [5.74, 6) is 2.85. The van der Waals surface area contributed by atoms with E-state index in [9.17, 15) is 0 Å². The summed E-state index contributed by atoms with van der Waals surface area (Å²) in [7, 11) is 3.33. The molecule has 4 rings (SSSR count). The molecule has 1 aliphatic rings. The second-order valence-electron chi connectivity index (χ2n) is 6.31. The van der Waals surface area contributed by atoms with Gasteiger partial charge in [0.05, 0.1) is 25.1 Å². The number of methoxy groups -OCH3 is 2. The first-order valence-corrected chi connectivity index (χ1v) is 9.43. The molecule has 0 saturated carbocycles. The number of ether oxygens (including phenoxy) is 2. The Morgan fingerprint density at radius 3 is 2.65 bits per heavy atom. The predicted octanol–water partition coefficient (Wildman–Crippen LogP) is 3.93. The Balaban J connectivity index is 1.55. The molecule has 3 aromatic rings. The number of rotatable bonds is 5. The van der Waals surface area contributed by atoms with Crippen LogP contribution in [0.15, 0.2) is 34.2 Å². The van der Waals surface area contributed by atoms with E-state index < -0.39 is 0 Å². The summed E-state index contributed by atoms with van der Waals surface area (Å²) >= 11 is 1.61. The minimum absolute atomic E-state index is 0.0532. The van der Waals surface area contributed by atoms with Crippen molar-refractivity contribution in [2.45, 2.75) is 25.9 Å². The normalized spacial score (nSPS) is 15.5. The van der Waals surface area contributed by atoms with Crippen LogP contribution < -0.4 is 9.47 Å². The molecule has 26 heavy (non-hydrogen) atoms. The van der Waals surface area contributed by atoms with E-state index in [1.807, 2.05) is 17.5 Å². The molecule has 0 N–H and O–H groups in total. The van der Waals surface area contributed by atoms with Crippen LogP contribution in [0, 0.1) is 0 Å². The summed E-state index contributed by atoms with van der Waals surface area (Å²) in [6.45, 7) is 3.85. The van der Waals surface area contributed by atoms with E-state index in [0.29, 0.717) is 11.7 Å². The van der Waals surface area contributed by atoms with Crippen LogP contribution in [-0.4, -0.2) is 35.8 Å². The van der Waals surface area contributed by atoms with Crippen molar-refractivity contribution in [3.63, 3.8) is 0 Å². The van der Waals surface area contributed by atoms with E-state index in [0.717, 1.165) is 35.9 Å². The van der Waals surface area contributed by atoms with Crippen molar-refractivity contribution in [1.82, 2.24) is 15.0 Å². The molecule has 6 nitrogen and oxygen atoms in total. The second kappa shape index (κ2) is 7.09. The largest absolute Gasteiger partial charge is 0.493 e. The summed E-state index contributed by atoms with van der Waals surface area (Å²) in [6.07, 6.45) is 0.950. The molecule has 0 amide bonds. The van der Waals surface area contributed by atoms with Crippen LogP contribution in [0.4, 0.5) is 0 Å². The van der Waals surface area contributed by atoms with Gasteiger partial charge in [-0.1, -0.05) is 11.2 Å². The molecule has 0 fully saturated rings. The number of thiophene rings is 1. The Morgan fingerprint density at radius 1 is 1.19 bits per heavy atom. The molecule has 2 aromatic heterocycles. The lowest BCUT2D eigenvalue weighted by atomic mass is 9.97. The number of benzene rings is 1. The van der Waals surface area contributed by atoms with E-state index >= 15 is 0 Å². The molecule has 136 valence electrons. The van der Waals surface area contributed by atoms with Crippen LogP contribution in [0.3, 0.4) is 0 Å². The number of nitrogens with zero attached hydrogens (tertiary/aromatic N) is 3. The highest BCUT2D eigenvalue weighted by Crippen LogP contribution is 2.35. The molecule has 7 heteroatoms. The van der Waals surface area contributed by atoms with E-state index in [-0.39, 0.29) is 6.04 Å². The molecule has 1 aromatic carbocycles. The average molecular weight is 371 g/mol. The average Bonchev–Trinajstić information content (AvgIpc) is 3.37. The third kappa shape index (κ3) is 3.08. The zero-order valence-electron chi connectivity index (χ0n) is 15.1. The molecule has 0 spiro atoms. The van der Waals surface area contributed by atoms with Crippen molar-refractivity contribution in [3.8, 4) is 22.2 Å². The van der Waals surface area contributed by atoms with Crippen LogP contribution >= 0.6 is 11.3 Å². The number of hydrogen-bond donors (Lipinski definition) is 0. The third-order valence-electron chi connectivity index (χ3n) is 4.84. The van der Waals surface area contributed by atoms with Gasteiger partial charge in [0.25, 0.3) is 0 Å². The predicted molar refractivity (Wildman–Crippen MR) is 99.7 cm³/mol. The lowest BCUT2D eigenvalue weighted by Crippen LogP contribution is -2.33. The van der Waals surface area contributed by atoms with E-state index in [4.69, 9.17) is 14.0 Å². The summed E-state index contributed by atoms with van der Waals surface area (Å²) in [5, 5.41) is 6.14. The summed E-state index contributed by atoms with van der Waals surface area (Å²) < 4.78 is 16.4. The van der Waals surface area contributed by atoms with Gasteiger partial charge in [-0.2, -0.15) is 4.98 Å². The topological polar surface area (TPSA) is 60.6 Å². The Morgan fingerprint density at radius 2 is 1.96 bits per heavy atom. The highest BCUT2D eigenvalue weighted by atomic mass is 32.1. The smallest absolute Gasteiger partial charge is 0.244 e. The van der Waals surface area contributed by atoms with Gasteiger partial charge in [-0.3, -0.25) is 4.90 Å². The molecule has 1 aliphatic heterocycles. The lowest BCUT2D eigenvalue weighted by Gasteiger charge is -2.32. The summed E-state index contributed by atoms with van der Waals surface area (Å²) in [5.41, 5.74) is 2.55. The molecule has 1 atom stereocenters. The maximum absolute atomic E-state index is 5.53. The Hall–Kier alpha value is -2.38. The van der Waals surface area contributed by atoms with Crippen molar-refractivity contribution in [1.29, 1.82) is 0 Å². The monoisotopic (exact) mass is 371 g/mol. The summed E-state index contributed by atoms with van der Waals surface area (Å²) in [6, 6.07) is 8.19. The molecular weight excluding hydrogens is 350 g/mol. The number of aromatic nitrogens is 2. The molecule has 0 bridgehead atoms. The van der Waals surface area contributed by atoms with Crippen molar-refractivity contribution in [2.75, 3.05) is 20.8 Å². The maximum Gasteiger partial charge on any atom is 0.244 e. The quantitative estimate of drug-likeness (QED) is 0.677. The SMILES string of the molecule is COc1cc2c(cc1OC)CN(C(C)c1nc(-c3cccs3)no1)CC2. The minimum atomic E-state index is 0.0532. The lowest BCUT2D eigenvalue weighted by molar-refractivity contribution is 0.157. The van der Waals surface area contributed by atoms with Gasteiger partial charge < -0.3 is 14.0 Å². The van der Waals surface area contributed by atoms with Crippen LogP contribution in [0.1, 0.15) is 30.0 Å². The maximum atomic E-state index is 5.53. The zero-order valence-corrected chi connectivity index (χ0v) is 15.9. The molecule has 0 radical (unpaired) electrons. The first-order valence-electron chi connectivity index (χ1n) is 8.55. The first-order chi connectivity index (χ1) is 12.7. The van der Waals surface area contributed by atoms with Gasteiger partial charge in [0.2, 0.25) is 11.7 Å². The van der Waals surface area contributed by atoms with E-state index in [1.54, 1.807) is 25.6 Å². The van der Waals surface area contributed by atoms with Crippen molar-refractivity contribution in [2.24, 2.45) is 0 Å². The Bertz CT molecular complexity index is 892. The van der Waals surface area contributed by atoms with Gasteiger partial charge >= 0.3 is 0 Å². The van der Waals surface area contributed by atoms with Crippen LogP contribution in [0.5, 0.6) is 11.5 Å². The highest BCUT2D eigenvalue weighted by Gasteiger charge is 2.27. The first kappa shape index (κ1) is 17.1. The fourth-order valence-electron chi connectivity index (χ4n) is 3.30. The van der Waals surface area contributed by atoms with Crippen molar-refractivity contribution < 1.29 is 14.0 Å². The van der Waals surface area contributed by atoms with Crippen molar-refractivity contribution in [3.05, 3.63) is 46.7 Å². The fraction of sp³-hybridized carbons (Fsp3) is 0.368. The molecular formula is C19H21N3O3S. The third-order valence-corrected chi connectivity index (χ3v) is 5.70. The number of hydrogen-bond acceptors (Lipinski definition) is 7. The molecule has 1 unspecified atom stereocenters. The standard InChI is InChI=1S/C19H21N3O3S/c1-12(19-20-18(21-25-19)17-5-4-8-26-17)22-7-6-13-9-15(23-2)16(24-3)10-14(13)11-22/h4-5,8-10,12H,6-7,11H2,1-3H3. The van der Waals surface area contributed by atoms with Crippen LogP contribution in [0.25, 0.3) is 10.7 Å². The van der Waals surface area contributed by atoms with Crippen LogP contribution in [0.2, 0.25) is 0 Å². The second-order valence-corrected chi connectivity index (χ2v) is 7.25. The van der Waals surface area contributed by atoms with Crippen molar-refractivity contribution >= 4 is 11.3 Å². The Labute approximate surface area is 156 Å². The van der Waals surface area contributed by atoms with Gasteiger partial charge in [-0.15, -0.1) is 11.3 Å². The van der Waals surface area contributed by atoms with Gasteiger partial charge in [0.1, 0.15) is 0 Å². The summed E-state index contributed by atoms with van der Waals surface area (Å²) in [4.78, 5) is 7.96. The zero-order chi connectivity index (χ0) is 18.1. The minimum Gasteiger partial charge on any atom is -0.493 e. The number of fused-ring (bicyclic) bond motifs is 1. The van der Waals surface area contributed by atoms with Gasteiger partial charge in [-0.05, 0) is 48.1 Å². The van der Waals surface area contributed by atoms with E-state index in [2.05, 4.69) is 34.1 Å². The van der Waals surface area contributed by atoms with E-state index in [1.165, 1.54) is 11.1 Å². The fourth-order valence-corrected chi connectivity index (χ4v) is 3.95. The van der Waals surface area contributed by atoms with Gasteiger partial charge in [0.15, 0.2) is 11.5 Å². The molecule has 0 saturated heterocycles. The van der Waals surface area contributed by atoms with Crippen LogP contribution in [-0.2, 0) is 13.0 Å².